The van der Waals surface area contributed by atoms with Crippen LogP contribution in [0, 0.1) is 12.8 Å². The zero-order chi connectivity index (χ0) is 37.2. The van der Waals surface area contributed by atoms with Gasteiger partial charge in [0.05, 0.1) is 12.3 Å². The Labute approximate surface area is 291 Å². The molecule has 7 atom stereocenters. The number of amides is 1. The number of Topliss-reactive ketones (excluding diaryl/α,β-unsaturated/α-hetero) is 1. The molecular formula is C36H48N2O12. The number of unbranched alkanes of at least 4 members (excludes halogenated alkanes) is 4. The van der Waals surface area contributed by atoms with Crippen molar-refractivity contribution in [2.45, 2.75) is 134 Å². The normalized spacial score (nSPS) is 30.2. The molecule has 50 heavy (non-hydrogen) atoms. The third-order valence-electron chi connectivity index (χ3n) is 10.0. The Balaban J connectivity index is 1.64. The number of ether oxygens (including phenoxy) is 4. The van der Waals surface area contributed by atoms with E-state index < -0.39 is 89.4 Å². The molecule has 2 fully saturated rings. The van der Waals surface area contributed by atoms with Crippen molar-refractivity contribution in [1.82, 2.24) is 0 Å². The molecule has 14 nitrogen and oxygen atoms in total. The van der Waals surface area contributed by atoms with E-state index in [0.717, 1.165) is 45.1 Å². The predicted molar refractivity (Wildman–Crippen MR) is 178 cm³/mol. The molecule has 1 heterocycles. The second-order valence-electron chi connectivity index (χ2n) is 13.9. The predicted octanol–water partition coefficient (Wildman–Crippen LogP) is 3.13. The molecule has 1 amide bonds. The van der Waals surface area contributed by atoms with Crippen molar-refractivity contribution in [2.24, 2.45) is 5.92 Å². The van der Waals surface area contributed by atoms with Crippen molar-refractivity contribution in [3.8, 4) is 0 Å². The number of fused-ring (bicyclic) bond motifs is 3. The van der Waals surface area contributed by atoms with Crippen molar-refractivity contribution in [1.29, 1.82) is 0 Å². The third kappa shape index (κ3) is 7.41. The molecule has 274 valence electrons. The molecule has 2 aliphatic carbocycles. The van der Waals surface area contributed by atoms with Crippen LogP contribution in [0.2, 0.25) is 0 Å². The van der Waals surface area contributed by atoms with Gasteiger partial charge in [0.2, 0.25) is 5.91 Å². The summed E-state index contributed by atoms with van der Waals surface area (Å²) in [7, 11) is 0. The first-order valence-corrected chi connectivity index (χ1v) is 17.0. The zero-order valence-corrected chi connectivity index (χ0v) is 29.5. The second-order valence-corrected chi connectivity index (χ2v) is 13.9. The third-order valence-corrected chi connectivity index (χ3v) is 10.0. The van der Waals surface area contributed by atoms with Crippen LogP contribution in [-0.2, 0) is 47.7 Å². The van der Waals surface area contributed by atoms with Gasteiger partial charge in [-0.05, 0) is 63.0 Å². The number of carbonyl (C=O) groups is 6. The Hall–Kier alpha value is -4.30. The SMILES string of the molecule is CCCCCCCC(=O)O[C@@H]1C(=O)C(C)=C2[C@H]1[C@@](C)(OC(C)=O)C[C@H](OC(=O)CCC(=O)Nc1ccc(C)c(N)c1)[C@@]1(O)[C@H]2OC(=O)[C@@]1(C)O. The Bertz CT molecular complexity index is 1580. The van der Waals surface area contributed by atoms with Crippen LogP contribution >= 0.6 is 0 Å². The van der Waals surface area contributed by atoms with E-state index in [4.69, 9.17) is 24.7 Å². The van der Waals surface area contributed by atoms with Crippen LogP contribution in [0.1, 0.15) is 98.0 Å². The lowest BCUT2D eigenvalue weighted by Gasteiger charge is -2.41. The highest BCUT2D eigenvalue weighted by molar-refractivity contribution is 6.04. The number of nitrogens with one attached hydrogen (secondary N) is 1. The topological polar surface area (TPSA) is 218 Å². The Morgan fingerprint density at radius 3 is 2.28 bits per heavy atom. The number of aryl methyl sites for hydroxylation is 1. The average molecular weight is 701 g/mol. The highest BCUT2D eigenvalue weighted by atomic mass is 16.6. The van der Waals surface area contributed by atoms with Crippen LogP contribution in [0.5, 0.6) is 0 Å². The highest BCUT2D eigenvalue weighted by Gasteiger charge is 2.75. The van der Waals surface area contributed by atoms with Crippen LogP contribution in [0.4, 0.5) is 11.4 Å². The lowest BCUT2D eigenvalue weighted by molar-refractivity contribution is -0.211. The van der Waals surface area contributed by atoms with E-state index in [9.17, 15) is 39.0 Å². The smallest absolute Gasteiger partial charge is 0.341 e. The number of aliphatic hydroxyl groups is 2. The van der Waals surface area contributed by atoms with Crippen LogP contribution in [0.15, 0.2) is 29.3 Å². The fourth-order valence-electron chi connectivity index (χ4n) is 7.21. The molecule has 0 aromatic heterocycles. The van der Waals surface area contributed by atoms with Gasteiger partial charge in [-0.25, -0.2) is 4.79 Å². The summed E-state index contributed by atoms with van der Waals surface area (Å²) >= 11 is 0. The maximum absolute atomic E-state index is 13.7. The van der Waals surface area contributed by atoms with Gasteiger partial charge in [0, 0.05) is 37.6 Å². The lowest BCUT2D eigenvalue weighted by atomic mass is 9.75. The van der Waals surface area contributed by atoms with E-state index in [1.54, 1.807) is 18.2 Å². The van der Waals surface area contributed by atoms with Crippen LogP contribution in [-0.4, -0.2) is 80.9 Å². The zero-order valence-electron chi connectivity index (χ0n) is 29.5. The monoisotopic (exact) mass is 700 g/mol. The highest BCUT2D eigenvalue weighted by Crippen LogP contribution is 2.56. The number of anilines is 2. The first-order chi connectivity index (χ1) is 23.4. The molecular weight excluding hydrogens is 652 g/mol. The molecule has 14 heteroatoms. The minimum atomic E-state index is -2.70. The summed E-state index contributed by atoms with van der Waals surface area (Å²) in [6.07, 6.45) is -2.12. The largest absolute Gasteiger partial charge is 0.459 e. The van der Waals surface area contributed by atoms with Crippen molar-refractivity contribution in [2.75, 3.05) is 11.1 Å². The second kappa shape index (κ2) is 14.9. The summed E-state index contributed by atoms with van der Waals surface area (Å²) in [6.45, 7) is 8.80. The van der Waals surface area contributed by atoms with E-state index >= 15 is 0 Å². The molecule has 5 N–H and O–H groups in total. The number of benzene rings is 1. The van der Waals surface area contributed by atoms with E-state index in [1.807, 2.05) is 6.92 Å². The number of carbonyl (C=O) groups excluding carboxylic acids is 6. The van der Waals surface area contributed by atoms with Crippen LogP contribution in [0.3, 0.4) is 0 Å². The number of nitrogens with two attached hydrogens (primary N) is 1. The number of esters is 4. The molecule has 1 aromatic rings. The fraction of sp³-hybridized carbons (Fsp3) is 0.611. The molecule has 0 bridgehead atoms. The Kier molecular flexibility index (Phi) is 11.5. The molecule has 1 aliphatic heterocycles. The molecule has 1 saturated carbocycles. The van der Waals surface area contributed by atoms with Crippen LogP contribution in [0.25, 0.3) is 0 Å². The van der Waals surface area contributed by atoms with Gasteiger partial charge in [0.1, 0.15) is 11.7 Å². The van der Waals surface area contributed by atoms with Crippen LogP contribution < -0.4 is 11.1 Å². The van der Waals surface area contributed by atoms with Crippen molar-refractivity contribution < 1.29 is 57.9 Å². The van der Waals surface area contributed by atoms with Gasteiger partial charge in [-0.1, -0.05) is 38.7 Å². The summed E-state index contributed by atoms with van der Waals surface area (Å²) < 4.78 is 22.8. The summed E-state index contributed by atoms with van der Waals surface area (Å²) in [5.74, 6) is -6.17. The first-order valence-electron chi connectivity index (χ1n) is 17.0. The van der Waals surface area contributed by atoms with E-state index in [0.29, 0.717) is 17.8 Å². The van der Waals surface area contributed by atoms with Gasteiger partial charge in [-0.15, -0.1) is 0 Å². The van der Waals surface area contributed by atoms with E-state index in [1.165, 1.54) is 13.8 Å². The van der Waals surface area contributed by atoms with Gasteiger partial charge in [0.25, 0.3) is 0 Å². The van der Waals surface area contributed by atoms with E-state index in [-0.39, 0.29) is 24.0 Å². The Morgan fingerprint density at radius 1 is 0.980 bits per heavy atom. The summed E-state index contributed by atoms with van der Waals surface area (Å²) in [6, 6.07) is 4.94. The molecule has 3 aliphatic rings. The maximum atomic E-state index is 13.7. The fourth-order valence-corrected chi connectivity index (χ4v) is 7.21. The lowest BCUT2D eigenvalue weighted by Crippen LogP contribution is -2.64. The molecule has 0 spiro atoms. The minimum Gasteiger partial charge on any atom is -0.459 e. The molecule has 1 saturated heterocycles. The number of hydrogen-bond donors (Lipinski definition) is 4. The van der Waals surface area contributed by atoms with E-state index in [2.05, 4.69) is 12.2 Å². The summed E-state index contributed by atoms with van der Waals surface area (Å²) in [5, 5.41) is 26.4. The Morgan fingerprint density at radius 2 is 1.64 bits per heavy atom. The quantitative estimate of drug-likeness (QED) is 0.101. The van der Waals surface area contributed by atoms with Crippen molar-refractivity contribution >= 4 is 46.9 Å². The molecule has 1 aromatic carbocycles. The number of ketones is 1. The van der Waals surface area contributed by atoms with Gasteiger partial charge in [0.15, 0.2) is 29.2 Å². The average Bonchev–Trinajstić information content (AvgIpc) is 3.34. The standard InChI is InChI=1S/C36H48N2O12/c1-7-8-9-10-11-12-26(41)48-31-29-28(20(3)30(31)43)32-36(46,35(6,45)33(44)49-32)24(18-34(29,5)50-21(4)39)47-27(42)16-15-25(40)38-22-14-13-19(2)23(37)17-22/h13-14,17,24,29,31-32,45-46H,7-12,15-16,18,37H2,1-6H3,(H,38,40)/t24-,29+,31-,32-,34-,35+,36+/m0/s1. The number of nitrogen functional groups attached to an aromatic ring is 1. The van der Waals surface area contributed by atoms with Gasteiger partial charge in [-0.2, -0.15) is 0 Å². The molecule has 0 unspecified atom stereocenters. The minimum absolute atomic E-state index is 0.0246. The van der Waals surface area contributed by atoms with Gasteiger partial charge in [-0.3, -0.25) is 24.0 Å². The molecule has 4 rings (SSSR count). The molecule has 0 radical (unpaired) electrons. The number of hydrogen-bond acceptors (Lipinski definition) is 13. The summed E-state index contributed by atoms with van der Waals surface area (Å²) in [5.41, 5.74) is 0.381. The maximum Gasteiger partial charge on any atom is 0.341 e. The van der Waals surface area contributed by atoms with Gasteiger partial charge < -0.3 is 40.2 Å². The van der Waals surface area contributed by atoms with Gasteiger partial charge >= 0.3 is 23.9 Å². The van der Waals surface area contributed by atoms with Crippen molar-refractivity contribution in [3.63, 3.8) is 0 Å². The first kappa shape index (κ1) is 38.5. The number of rotatable bonds is 13. The van der Waals surface area contributed by atoms with Crippen molar-refractivity contribution in [3.05, 3.63) is 34.9 Å². The summed E-state index contributed by atoms with van der Waals surface area (Å²) in [4.78, 5) is 78.4.